The lowest BCUT2D eigenvalue weighted by molar-refractivity contribution is -0.156. The number of nitrogens with zero attached hydrogens (tertiary/aromatic N) is 8. The quantitative estimate of drug-likeness (QED) is 0.139. The van der Waals surface area contributed by atoms with E-state index in [9.17, 15) is 19.2 Å². The maximum Gasteiger partial charge on any atom is 0.326 e. The monoisotopic (exact) mass is 754 g/mol. The second-order valence-corrected chi connectivity index (χ2v) is 16.9. The van der Waals surface area contributed by atoms with E-state index in [1.165, 1.54) is 9.13 Å². The smallest absolute Gasteiger partial charge is 0.326 e. The van der Waals surface area contributed by atoms with Crippen molar-refractivity contribution in [3.8, 4) is 0 Å². The Morgan fingerprint density at radius 1 is 0.667 bits per heavy atom. The van der Waals surface area contributed by atoms with Gasteiger partial charge in [-0.05, 0) is 116 Å². The van der Waals surface area contributed by atoms with E-state index in [0.717, 1.165) is 55.3 Å². The van der Waals surface area contributed by atoms with E-state index in [-0.39, 0.29) is 29.4 Å². The van der Waals surface area contributed by atoms with Gasteiger partial charge in [-0.3, -0.25) is 28.3 Å². The summed E-state index contributed by atoms with van der Waals surface area (Å²) in [7, 11) is 0. The van der Waals surface area contributed by atoms with E-state index < -0.39 is 23.1 Å². The van der Waals surface area contributed by atoms with Crippen LogP contribution < -0.4 is 11.1 Å². The minimum absolute atomic E-state index is 0.134. The van der Waals surface area contributed by atoms with Crippen LogP contribution in [0.2, 0.25) is 5.15 Å². The highest BCUT2D eigenvalue weighted by Crippen LogP contribution is 2.43. The second kappa shape index (κ2) is 13.0. The number of carbonyl (C=O) groups excluding carboxylic acids is 2. The second-order valence-electron chi connectivity index (χ2n) is 16.6. The van der Waals surface area contributed by atoms with Crippen molar-refractivity contribution in [2.75, 3.05) is 0 Å². The molecule has 6 aromatic heterocycles. The predicted molar refractivity (Wildman–Crippen MR) is 202 cm³/mol. The fourth-order valence-corrected chi connectivity index (χ4v) is 7.00. The highest BCUT2D eigenvalue weighted by Gasteiger charge is 2.33. The molecule has 0 amide bonds. The third-order valence-corrected chi connectivity index (χ3v) is 9.80. The Hall–Kier alpha value is -5.11. The Balaban J connectivity index is 0.000000154. The van der Waals surface area contributed by atoms with Crippen molar-refractivity contribution in [2.45, 2.75) is 122 Å². The van der Waals surface area contributed by atoms with Crippen molar-refractivity contribution in [3.05, 3.63) is 79.3 Å². The summed E-state index contributed by atoms with van der Waals surface area (Å²) in [5, 5.41) is 10.1. The number of pyridine rings is 2. The Kier molecular flexibility index (Phi) is 8.66. The third-order valence-electron chi connectivity index (χ3n) is 9.59. The number of rotatable bonds is 7. The minimum atomic E-state index is -0.623. The molecule has 3 aliphatic carbocycles. The summed E-state index contributed by atoms with van der Waals surface area (Å²) in [6, 6.07) is 6.91. The number of carbonyl (C=O) groups is 2. The van der Waals surface area contributed by atoms with Gasteiger partial charge in [-0.25, -0.2) is 9.97 Å². The lowest BCUT2D eigenvalue weighted by atomic mass is 10.2. The van der Waals surface area contributed by atoms with Gasteiger partial charge in [0, 0.05) is 22.7 Å². The van der Waals surface area contributed by atoms with Gasteiger partial charge in [-0.2, -0.15) is 19.2 Å². The first-order valence-corrected chi connectivity index (χ1v) is 18.9. The topological polar surface area (TPSA) is 157 Å². The van der Waals surface area contributed by atoms with Crippen LogP contribution in [0.15, 0.2) is 46.2 Å². The lowest BCUT2D eigenvalue weighted by Crippen LogP contribution is -2.32. The molecule has 14 nitrogen and oxygen atoms in total. The summed E-state index contributed by atoms with van der Waals surface area (Å²) in [4.78, 5) is 60.3. The third kappa shape index (κ3) is 7.10. The Bertz CT molecular complexity index is 2610. The first kappa shape index (κ1) is 35.9. The maximum absolute atomic E-state index is 13.3. The van der Waals surface area contributed by atoms with E-state index in [1.807, 2.05) is 39.1 Å². The molecule has 0 bridgehead atoms. The lowest BCUT2D eigenvalue weighted by Gasteiger charge is -2.20. The van der Waals surface area contributed by atoms with Crippen molar-refractivity contribution in [3.63, 3.8) is 0 Å². The molecular formula is C39H43ClN8O6. The molecule has 0 N–H and O–H groups in total. The first-order valence-electron chi connectivity index (χ1n) is 18.5. The maximum atomic E-state index is 13.3. The summed E-state index contributed by atoms with van der Waals surface area (Å²) in [5.74, 6) is 0.341. The Morgan fingerprint density at radius 2 is 1.09 bits per heavy atom. The van der Waals surface area contributed by atoms with Gasteiger partial charge in [-0.15, -0.1) is 0 Å². The number of ether oxygens (including phenoxy) is 2. The minimum Gasteiger partial charge on any atom is -0.459 e. The SMILES string of the molecule is CC(C)(C)OC(=O)Cn1c(=O)c2ccc(C3CC3)nc2n2ncc(C3CC3)c12.CC(C)(C)OC(=O)Cn1c(=O)c2ccc(Cl)nc2n2ncc(C3CC3)c12. The van der Waals surface area contributed by atoms with E-state index in [0.29, 0.717) is 51.1 Å². The number of esters is 2. The number of hydrogen-bond acceptors (Lipinski definition) is 10. The molecular weight excluding hydrogens is 712 g/mol. The summed E-state index contributed by atoms with van der Waals surface area (Å²) < 4.78 is 17.2. The molecule has 0 saturated heterocycles. The van der Waals surface area contributed by atoms with Crippen LogP contribution in [0.5, 0.6) is 0 Å². The van der Waals surface area contributed by atoms with Crippen molar-refractivity contribution in [2.24, 2.45) is 0 Å². The molecule has 282 valence electrons. The van der Waals surface area contributed by atoms with Gasteiger partial charge < -0.3 is 9.47 Å². The Morgan fingerprint density at radius 3 is 1.52 bits per heavy atom. The molecule has 9 rings (SSSR count). The van der Waals surface area contributed by atoms with Crippen LogP contribution in [0.1, 0.15) is 115 Å². The molecule has 0 spiro atoms. The number of hydrogen-bond donors (Lipinski definition) is 0. The summed E-state index contributed by atoms with van der Waals surface area (Å²) in [6.07, 6.45) is 10.1. The van der Waals surface area contributed by atoms with Gasteiger partial charge in [0.2, 0.25) is 0 Å². The molecule has 0 aliphatic heterocycles. The zero-order valence-corrected chi connectivity index (χ0v) is 32.0. The van der Waals surface area contributed by atoms with Crippen molar-refractivity contribution in [1.29, 1.82) is 0 Å². The summed E-state index contributed by atoms with van der Waals surface area (Å²) in [6.45, 7) is 10.5. The van der Waals surface area contributed by atoms with Crippen LogP contribution in [0.25, 0.3) is 33.4 Å². The molecule has 0 radical (unpaired) electrons. The normalized spacial score (nSPS) is 16.2. The summed E-state index contributed by atoms with van der Waals surface area (Å²) >= 11 is 6.01. The molecule has 0 atom stereocenters. The fraction of sp³-hybridized carbons (Fsp3) is 0.487. The zero-order chi connectivity index (χ0) is 38.3. The average Bonchev–Trinajstić information content (AvgIpc) is 3.99. The predicted octanol–water partition coefficient (Wildman–Crippen LogP) is 6.06. The van der Waals surface area contributed by atoms with E-state index >= 15 is 0 Å². The molecule has 0 aromatic carbocycles. The van der Waals surface area contributed by atoms with Crippen molar-refractivity contribution >= 4 is 56.9 Å². The van der Waals surface area contributed by atoms with Gasteiger partial charge in [-0.1, -0.05) is 11.6 Å². The van der Waals surface area contributed by atoms with Crippen molar-refractivity contribution in [1.82, 2.24) is 38.3 Å². The first-order chi connectivity index (χ1) is 25.6. The van der Waals surface area contributed by atoms with Gasteiger partial charge in [0.25, 0.3) is 11.1 Å². The van der Waals surface area contributed by atoms with E-state index in [4.69, 9.17) is 26.1 Å². The highest BCUT2D eigenvalue weighted by molar-refractivity contribution is 6.29. The molecule has 3 saturated carbocycles. The van der Waals surface area contributed by atoms with E-state index in [2.05, 4.69) is 15.2 Å². The van der Waals surface area contributed by atoms with Crippen molar-refractivity contribution < 1.29 is 19.1 Å². The summed E-state index contributed by atoms with van der Waals surface area (Å²) in [5.41, 5.74) is 3.47. The molecule has 3 fully saturated rings. The van der Waals surface area contributed by atoms with Crippen LogP contribution >= 0.6 is 11.6 Å². The molecule has 54 heavy (non-hydrogen) atoms. The average molecular weight is 755 g/mol. The van der Waals surface area contributed by atoms with Crippen LogP contribution in [0.4, 0.5) is 0 Å². The van der Waals surface area contributed by atoms with Crippen LogP contribution in [-0.4, -0.2) is 61.5 Å². The molecule has 6 heterocycles. The van der Waals surface area contributed by atoms with Crippen LogP contribution in [-0.2, 0) is 32.2 Å². The van der Waals surface area contributed by atoms with Gasteiger partial charge in [0.05, 0.1) is 23.2 Å². The van der Waals surface area contributed by atoms with Gasteiger partial charge in [0.1, 0.15) is 40.7 Å². The fourth-order valence-electron chi connectivity index (χ4n) is 6.86. The van der Waals surface area contributed by atoms with Gasteiger partial charge >= 0.3 is 11.9 Å². The number of halogens is 1. The van der Waals surface area contributed by atoms with Crippen LogP contribution in [0, 0.1) is 0 Å². The standard InChI is InChI=1S/C21H24N4O3.C18H19ClN4O3/c1-21(2,3)28-17(26)11-24-19-15(12-4-5-12)10-22-25(19)18-14(20(24)27)8-9-16(23-18)13-6-7-13;1-18(2,3)26-14(24)9-22-16-12(10-4-5-10)8-20-23(16)15-11(17(22)25)6-7-13(19)21-15/h8-10,12-13H,4-7,11H2,1-3H3;6-8,10H,4-5,9H2,1-3H3. The zero-order valence-electron chi connectivity index (χ0n) is 31.3. The largest absolute Gasteiger partial charge is 0.459 e. The molecule has 3 aliphatic rings. The molecule has 15 heteroatoms. The van der Waals surface area contributed by atoms with Gasteiger partial charge in [0.15, 0.2) is 11.3 Å². The number of aromatic nitrogens is 8. The molecule has 6 aromatic rings. The highest BCUT2D eigenvalue weighted by atomic mass is 35.5. The Labute approximate surface area is 315 Å². The number of fused-ring (bicyclic) bond motifs is 6. The molecule has 0 unspecified atom stereocenters. The van der Waals surface area contributed by atoms with E-state index in [1.54, 1.807) is 48.1 Å². The van der Waals surface area contributed by atoms with Crippen LogP contribution in [0.3, 0.4) is 0 Å².